The number of para-hydroxylation sites is 1. The van der Waals surface area contributed by atoms with Crippen LogP contribution in [0.25, 0.3) is 22.2 Å². The van der Waals surface area contributed by atoms with Crippen LogP contribution in [0.15, 0.2) is 72.9 Å². The summed E-state index contributed by atoms with van der Waals surface area (Å²) in [5.74, 6) is -0.899. The summed E-state index contributed by atoms with van der Waals surface area (Å²) in [7, 11) is 0. The number of anilines is 1. The maximum Gasteiger partial charge on any atom is 0.352 e. The fourth-order valence-electron chi connectivity index (χ4n) is 4.60. The zero-order valence-electron chi connectivity index (χ0n) is 17.7. The molecular formula is C26H23N3O3. The van der Waals surface area contributed by atoms with Gasteiger partial charge in [-0.3, -0.25) is 9.78 Å². The molecule has 2 aromatic heterocycles. The van der Waals surface area contributed by atoms with Gasteiger partial charge in [-0.1, -0.05) is 42.0 Å². The maximum absolute atomic E-state index is 12.7. The topological polar surface area (TPSA) is 75.4 Å². The molecule has 32 heavy (non-hydrogen) atoms. The van der Waals surface area contributed by atoms with Crippen LogP contribution in [0, 0.1) is 12.8 Å². The highest BCUT2D eigenvalue weighted by molar-refractivity contribution is 6.00. The fourth-order valence-corrected chi connectivity index (χ4v) is 4.60. The Kier molecular flexibility index (Phi) is 4.98. The zero-order chi connectivity index (χ0) is 22.2. The van der Waals surface area contributed by atoms with E-state index in [1.54, 1.807) is 17.2 Å². The van der Waals surface area contributed by atoms with Gasteiger partial charge in [-0.05, 0) is 37.3 Å². The third-order valence-electron chi connectivity index (χ3n) is 6.05. The minimum Gasteiger partial charge on any atom is -0.477 e. The van der Waals surface area contributed by atoms with Gasteiger partial charge in [-0.15, -0.1) is 0 Å². The lowest BCUT2D eigenvalue weighted by Crippen LogP contribution is -2.25. The molecule has 1 atom stereocenters. The van der Waals surface area contributed by atoms with Gasteiger partial charge in [0.1, 0.15) is 5.69 Å². The summed E-state index contributed by atoms with van der Waals surface area (Å²) in [6, 6.07) is 21.2. The number of hydrogen-bond acceptors (Lipinski definition) is 3. The molecule has 1 fully saturated rings. The van der Waals surface area contributed by atoms with Crippen LogP contribution >= 0.6 is 0 Å². The van der Waals surface area contributed by atoms with Crippen LogP contribution < -0.4 is 4.90 Å². The lowest BCUT2D eigenvalue weighted by molar-refractivity contribution is -0.117. The van der Waals surface area contributed by atoms with Crippen molar-refractivity contribution >= 4 is 28.5 Å². The average molecular weight is 425 g/mol. The van der Waals surface area contributed by atoms with Gasteiger partial charge in [0, 0.05) is 48.3 Å². The number of aromatic carboxylic acids is 1. The van der Waals surface area contributed by atoms with E-state index in [2.05, 4.69) is 4.98 Å². The van der Waals surface area contributed by atoms with E-state index < -0.39 is 5.97 Å². The molecule has 6 heteroatoms. The molecule has 1 saturated heterocycles. The Labute approximate surface area is 185 Å². The predicted molar refractivity (Wildman–Crippen MR) is 124 cm³/mol. The Morgan fingerprint density at radius 3 is 2.66 bits per heavy atom. The highest BCUT2D eigenvalue weighted by Gasteiger charge is 2.32. The highest BCUT2D eigenvalue weighted by atomic mass is 16.4. The number of pyridine rings is 1. The summed E-state index contributed by atoms with van der Waals surface area (Å²) in [5.41, 5.74) is 4.75. The second-order valence-corrected chi connectivity index (χ2v) is 8.32. The molecule has 160 valence electrons. The second kappa shape index (κ2) is 7.96. The quantitative estimate of drug-likeness (QED) is 0.500. The molecule has 0 saturated carbocycles. The van der Waals surface area contributed by atoms with E-state index in [1.165, 1.54) is 0 Å². The molecule has 1 N–H and O–H groups in total. The number of hydrogen-bond donors (Lipinski definition) is 1. The smallest absolute Gasteiger partial charge is 0.352 e. The number of carboxylic acids is 1. The number of rotatable bonds is 5. The predicted octanol–water partition coefficient (Wildman–Crippen LogP) is 4.76. The number of benzene rings is 2. The number of carbonyl (C=O) groups excluding carboxylic acids is 1. The first-order valence-electron chi connectivity index (χ1n) is 10.7. The van der Waals surface area contributed by atoms with Gasteiger partial charge in [-0.25, -0.2) is 4.79 Å². The van der Waals surface area contributed by atoms with Crippen molar-refractivity contribution in [1.82, 2.24) is 9.55 Å². The van der Waals surface area contributed by atoms with E-state index in [4.69, 9.17) is 0 Å². The molecule has 5 rings (SSSR count). The third kappa shape index (κ3) is 3.54. The number of nitrogens with zero attached hydrogens (tertiary/aromatic N) is 3. The van der Waals surface area contributed by atoms with E-state index in [0.29, 0.717) is 19.5 Å². The molecule has 0 bridgehead atoms. The molecule has 0 aliphatic carbocycles. The maximum atomic E-state index is 12.7. The van der Waals surface area contributed by atoms with Crippen molar-refractivity contribution in [3.05, 3.63) is 84.2 Å². The Bertz CT molecular complexity index is 1330. The minimum absolute atomic E-state index is 0.0204. The third-order valence-corrected chi connectivity index (χ3v) is 6.05. The molecule has 0 spiro atoms. The molecular weight excluding hydrogens is 402 g/mol. The normalized spacial score (nSPS) is 16.1. The molecule has 1 unspecified atom stereocenters. The van der Waals surface area contributed by atoms with Crippen molar-refractivity contribution in [2.24, 2.45) is 5.92 Å². The molecule has 4 aromatic rings. The van der Waals surface area contributed by atoms with E-state index in [-0.39, 0.29) is 17.5 Å². The highest BCUT2D eigenvalue weighted by Crippen LogP contribution is 2.32. The van der Waals surface area contributed by atoms with Crippen molar-refractivity contribution in [1.29, 1.82) is 0 Å². The van der Waals surface area contributed by atoms with Crippen LogP contribution in [0.3, 0.4) is 0 Å². The molecule has 6 nitrogen and oxygen atoms in total. The molecule has 1 aliphatic rings. The second-order valence-electron chi connectivity index (χ2n) is 8.32. The standard InChI is InChI=1S/C26H23N3O3/c1-17-6-5-7-19(12-17)25-21-14-23(26(31)32)29(22(21)10-11-27-25)16-18-13-24(30)28(15-18)20-8-3-2-4-9-20/h2-12,14,18H,13,15-16H2,1H3,(H,31,32). The summed E-state index contributed by atoms with van der Waals surface area (Å²) in [6.45, 7) is 3.04. The van der Waals surface area contributed by atoms with Crippen LogP contribution in [0.5, 0.6) is 0 Å². The van der Waals surface area contributed by atoms with E-state index in [9.17, 15) is 14.7 Å². The Balaban J connectivity index is 1.53. The average Bonchev–Trinajstić information content (AvgIpc) is 3.35. The number of aromatic nitrogens is 2. The first kappa shape index (κ1) is 20.0. The Morgan fingerprint density at radius 2 is 1.91 bits per heavy atom. The molecule has 1 amide bonds. The van der Waals surface area contributed by atoms with Crippen LogP contribution in [0.4, 0.5) is 5.69 Å². The summed E-state index contributed by atoms with van der Waals surface area (Å²) >= 11 is 0. The van der Waals surface area contributed by atoms with E-state index in [1.807, 2.05) is 72.2 Å². The van der Waals surface area contributed by atoms with Crippen LogP contribution in [0.1, 0.15) is 22.5 Å². The van der Waals surface area contributed by atoms with Crippen LogP contribution in [-0.4, -0.2) is 33.1 Å². The largest absolute Gasteiger partial charge is 0.477 e. The van der Waals surface area contributed by atoms with E-state index in [0.717, 1.165) is 33.4 Å². The van der Waals surface area contributed by atoms with Crippen molar-refractivity contribution < 1.29 is 14.7 Å². The molecule has 1 aliphatic heterocycles. The van der Waals surface area contributed by atoms with Gasteiger partial charge >= 0.3 is 5.97 Å². The van der Waals surface area contributed by atoms with Crippen molar-refractivity contribution in [3.8, 4) is 11.3 Å². The zero-order valence-corrected chi connectivity index (χ0v) is 17.7. The number of aryl methyl sites for hydroxylation is 1. The number of amides is 1. The Morgan fingerprint density at radius 1 is 1.09 bits per heavy atom. The summed E-state index contributed by atoms with van der Waals surface area (Å²) in [5, 5.41) is 10.7. The van der Waals surface area contributed by atoms with Crippen molar-refractivity contribution in [2.75, 3.05) is 11.4 Å². The molecule has 2 aromatic carbocycles. The van der Waals surface area contributed by atoms with Crippen molar-refractivity contribution in [2.45, 2.75) is 19.9 Å². The molecule has 0 radical (unpaired) electrons. The first-order valence-corrected chi connectivity index (χ1v) is 10.7. The van der Waals surface area contributed by atoms with Crippen molar-refractivity contribution in [3.63, 3.8) is 0 Å². The van der Waals surface area contributed by atoms with E-state index >= 15 is 0 Å². The number of carboxylic acid groups (broad SMARTS) is 1. The van der Waals surface area contributed by atoms with Gasteiger partial charge in [-0.2, -0.15) is 0 Å². The van der Waals surface area contributed by atoms with Crippen LogP contribution in [-0.2, 0) is 11.3 Å². The van der Waals surface area contributed by atoms with Gasteiger partial charge in [0.05, 0.1) is 11.2 Å². The lowest BCUT2D eigenvalue weighted by Gasteiger charge is -2.17. The summed E-state index contributed by atoms with van der Waals surface area (Å²) < 4.78 is 1.82. The number of fused-ring (bicyclic) bond motifs is 1. The Hall–Kier alpha value is -3.93. The molecule has 3 heterocycles. The number of carbonyl (C=O) groups is 2. The summed E-state index contributed by atoms with van der Waals surface area (Å²) in [4.78, 5) is 31.1. The van der Waals surface area contributed by atoms with Gasteiger partial charge < -0.3 is 14.6 Å². The fraction of sp³-hybridized carbons (Fsp3) is 0.192. The monoisotopic (exact) mass is 425 g/mol. The summed E-state index contributed by atoms with van der Waals surface area (Å²) in [6.07, 6.45) is 2.11. The van der Waals surface area contributed by atoms with Gasteiger partial charge in [0.15, 0.2) is 0 Å². The van der Waals surface area contributed by atoms with Crippen LogP contribution in [0.2, 0.25) is 0 Å². The van der Waals surface area contributed by atoms with Gasteiger partial charge in [0.25, 0.3) is 0 Å². The SMILES string of the molecule is Cc1cccc(-c2nccc3c2cc(C(=O)O)n3CC2CC(=O)N(c3ccccc3)C2)c1. The van der Waals surface area contributed by atoms with Gasteiger partial charge in [0.2, 0.25) is 5.91 Å². The lowest BCUT2D eigenvalue weighted by atomic mass is 10.1. The minimum atomic E-state index is -0.986. The first-order chi connectivity index (χ1) is 15.5.